The van der Waals surface area contributed by atoms with E-state index < -0.39 is 0 Å². The van der Waals surface area contributed by atoms with Gasteiger partial charge in [0.1, 0.15) is 5.69 Å². The Labute approximate surface area is 127 Å². The lowest BCUT2D eigenvalue weighted by Gasteiger charge is -2.16. The van der Waals surface area contributed by atoms with Crippen LogP contribution in [0.25, 0.3) is 0 Å². The molecule has 0 spiro atoms. The second kappa shape index (κ2) is 4.88. The number of nitrogens with zero attached hydrogens (tertiary/aromatic N) is 2. The second-order valence-electron chi connectivity index (χ2n) is 6.37. The third kappa shape index (κ3) is 2.53. The molecule has 1 atom stereocenters. The smallest absolute Gasteiger partial charge is 0.268 e. The monoisotopic (exact) mass is 337 g/mol. The van der Waals surface area contributed by atoms with Crippen molar-refractivity contribution in [3.05, 3.63) is 22.4 Å². The standard InChI is InChI=1S/C15H20BrN3O/c16-10-7-14(19(8-10)13-3-4-13)15(20)17-11-5-6-18(9-11)12-1-2-12/h7-8,11-13H,1-6,9H2,(H,17,20). The predicted molar refractivity (Wildman–Crippen MR) is 80.9 cm³/mol. The molecule has 2 saturated carbocycles. The van der Waals surface area contributed by atoms with Crippen LogP contribution in [0.2, 0.25) is 0 Å². The molecule has 1 saturated heterocycles. The predicted octanol–water partition coefficient (Wildman–Crippen LogP) is 2.55. The van der Waals surface area contributed by atoms with Gasteiger partial charge in [-0.05, 0) is 54.1 Å². The van der Waals surface area contributed by atoms with Crippen LogP contribution >= 0.6 is 15.9 Å². The van der Waals surface area contributed by atoms with Gasteiger partial charge < -0.3 is 9.88 Å². The van der Waals surface area contributed by atoms with Gasteiger partial charge in [0.25, 0.3) is 5.91 Å². The first-order valence-electron chi connectivity index (χ1n) is 7.63. The minimum Gasteiger partial charge on any atom is -0.347 e. The number of rotatable bonds is 4. The van der Waals surface area contributed by atoms with Gasteiger partial charge in [-0.1, -0.05) is 0 Å². The average molecular weight is 338 g/mol. The summed E-state index contributed by atoms with van der Waals surface area (Å²) in [5.74, 6) is 0.0882. The molecule has 4 rings (SSSR count). The Morgan fingerprint density at radius 3 is 2.65 bits per heavy atom. The highest BCUT2D eigenvalue weighted by Gasteiger charge is 2.35. The largest absolute Gasteiger partial charge is 0.347 e. The van der Waals surface area contributed by atoms with E-state index in [1.165, 1.54) is 25.7 Å². The Hall–Kier alpha value is -0.810. The minimum absolute atomic E-state index is 0.0882. The number of halogens is 1. The highest BCUT2D eigenvalue weighted by atomic mass is 79.9. The van der Waals surface area contributed by atoms with E-state index in [1.807, 2.05) is 12.3 Å². The molecule has 1 unspecified atom stereocenters. The molecule has 3 fully saturated rings. The van der Waals surface area contributed by atoms with Crippen molar-refractivity contribution in [1.29, 1.82) is 0 Å². The summed E-state index contributed by atoms with van der Waals surface area (Å²) in [6.45, 7) is 2.17. The summed E-state index contributed by atoms with van der Waals surface area (Å²) in [5.41, 5.74) is 0.809. The van der Waals surface area contributed by atoms with E-state index in [2.05, 4.69) is 30.7 Å². The number of hydrogen-bond donors (Lipinski definition) is 1. The van der Waals surface area contributed by atoms with E-state index in [9.17, 15) is 4.79 Å². The van der Waals surface area contributed by atoms with Gasteiger partial charge in [-0.25, -0.2) is 0 Å². The number of aromatic nitrogens is 1. The molecule has 1 N–H and O–H groups in total. The lowest BCUT2D eigenvalue weighted by molar-refractivity contribution is 0.0928. The van der Waals surface area contributed by atoms with Crippen LogP contribution in [0.4, 0.5) is 0 Å². The molecule has 20 heavy (non-hydrogen) atoms. The number of nitrogens with one attached hydrogen (secondary N) is 1. The molecule has 2 heterocycles. The maximum atomic E-state index is 12.5. The summed E-state index contributed by atoms with van der Waals surface area (Å²) in [6.07, 6.45) is 8.21. The number of hydrogen-bond acceptors (Lipinski definition) is 2. The molecule has 0 bridgehead atoms. The van der Waals surface area contributed by atoms with Crippen molar-refractivity contribution >= 4 is 21.8 Å². The van der Waals surface area contributed by atoms with E-state index >= 15 is 0 Å². The Balaban J connectivity index is 1.42. The molecule has 1 amide bonds. The zero-order valence-corrected chi connectivity index (χ0v) is 13.1. The fourth-order valence-corrected chi connectivity index (χ4v) is 3.66. The van der Waals surface area contributed by atoms with Crippen molar-refractivity contribution in [2.75, 3.05) is 13.1 Å². The Morgan fingerprint density at radius 2 is 1.95 bits per heavy atom. The summed E-state index contributed by atoms with van der Waals surface area (Å²) in [4.78, 5) is 15.0. The van der Waals surface area contributed by atoms with E-state index in [4.69, 9.17) is 0 Å². The van der Waals surface area contributed by atoms with Crippen LogP contribution in [0.15, 0.2) is 16.7 Å². The van der Waals surface area contributed by atoms with Crippen molar-refractivity contribution in [3.8, 4) is 0 Å². The number of amides is 1. The molecule has 3 aliphatic rings. The van der Waals surface area contributed by atoms with Crippen molar-refractivity contribution in [3.63, 3.8) is 0 Å². The van der Waals surface area contributed by atoms with Crippen molar-refractivity contribution in [2.45, 2.75) is 50.2 Å². The molecule has 1 aromatic rings. The SMILES string of the molecule is O=C(NC1CCN(C2CC2)C1)c1cc(Br)cn1C1CC1. The van der Waals surface area contributed by atoms with Gasteiger partial charge in [0.05, 0.1) is 0 Å². The van der Waals surface area contributed by atoms with Gasteiger partial charge in [-0.15, -0.1) is 0 Å². The fourth-order valence-electron chi connectivity index (χ4n) is 3.22. The van der Waals surface area contributed by atoms with Crippen molar-refractivity contribution in [2.24, 2.45) is 0 Å². The first kappa shape index (κ1) is 12.9. The molecule has 108 valence electrons. The van der Waals surface area contributed by atoms with Crippen LogP contribution in [0, 0.1) is 0 Å². The molecule has 0 radical (unpaired) electrons. The topological polar surface area (TPSA) is 37.3 Å². The average Bonchev–Trinajstić information content (AvgIpc) is 3.35. The molecule has 4 nitrogen and oxygen atoms in total. The Bertz CT molecular complexity index is 533. The van der Waals surface area contributed by atoms with E-state index in [0.717, 1.165) is 35.7 Å². The van der Waals surface area contributed by atoms with Crippen LogP contribution in [0.3, 0.4) is 0 Å². The third-order valence-corrected chi connectivity index (χ3v) is 5.04. The summed E-state index contributed by atoms with van der Waals surface area (Å²) >= 11 is 3.49. The molecule has 1 aromatic heterocycles. The summed E-state index contributed by atoms with van der Waals surface area (Å²) in [7, 11) is 0. The van der Waals surface area contributed by atoms with Crippen LogP contribution in [-0.2, 0) is 0 Å². The molecule has 2 aliphatic carbocycles. The summed E-state index contributed by atoms with van der Waals surface area (Å²) < 4.78 is 3.13. The van der Waals surface area contributed by atoms with Crippen molar-refractivity contribution < 1.29 is 4.79 Å². The van der Waals surface area contributed by atoms with Gasteiger partial charge in [-0.3, -0.25) is 9.69 Å². The van der Waals surface area contributed by atoms with Crippen LogP contribution in [0.5, 0.6) is 0 Å². The lowest BCUT2D eigenvalue weighted by Crippen LogP contribution is -2.38. The summed E-state index contributed by atoms with van der Waals surface area (Å²) in [5, 5.41) is 3.22. The van der Waals surface area contributed by atoms with Gasteiger partial charge in [0.15, 0.2) is 0 Å². The third-order valence-electron chi connectivity index (χ3n) is 4.61. The minimum atomic E-state index is 0.0882. The van der Waals surface area contributed by atoms with Crippen molar-refractivity contribution in [1.82, 2.24) is 14.8 Å². The Morgan fingerprint density at radius 1 is 1.20 bits per heavy atom. The van der Waals surface area contributed by atoms with Gasteiger partial charge in [0, 0.05) is 41.9 Å². The van der Waals surface area contributed by atoms with Gasteiger partial charge >= 0.3 is 0 Å². The summed E-state index contributed by atoms with van der Waals surface area (Å²) in [6, 6.07) is 3.61. The fraction of sp³-hybridized carbons (Fsp3) is 0.667. The molecular formula is C15H20BrN3O. The van der Waals surface area contributed by atoms with Crippen LogP contribution in [-0.4, -0.2) is 40.5 Å². The zero-order chi connectivity index (χ0) is 13.7. The lowest BCUT2D eigenvalue weighted by atomic mass is 10.2. The first-order chi connectivity index (χ1) is 9.70. The Kier molecular flexibility index (Phi) is 3.15. The molecule has 0 aromatic carbocycles. The molecular weight excluding hydrogens is 318 g/mol. The second-order valence-corrected chi connectivity index (χ2v) is 7.28. The zero-order valence-electron chi connectivity index (χ0n) is 11.5. The molecule has 1 aliphatic heterocycles. The number of carbonyl (C=O) groups excluding carboxylic acids is 1. The highest BCUT2D eigenvalue weighted by molar-refractivity contribution is 9.10. The quantitative estimate of drug-likeness (QED) is 0.916. The van der Waals surface area contributed by atoms with Gasteiger partial charge in [-0.2, -0.15) is 0 Å². The normalized spacial score (nSPS) is 26.9. The van der Waals surface area contributed by atoms with E-state index in [1.54, 1.807) is 0 Å². The van der Waals surface area contributed by atoms with E-state index in [-0.39, 0.29) is 5.91 Å². The number of carbonyl (C=O) groups is 1. The maximum Gasteiger partial charge on any atom is 0.268 e. The van der Waals surface area contributed by atoms with Gasteiger partial charge in [0.2, 0.25) is 0 Å². The maximum absolute atomic E-state index is 12.5. The van der Waals surface area contributed by atoms with Crippen LogP contribution < -0.4 is 5.32 Å². The highest BCUT2D eigenvalue weighted by Crippen LogP contribution is 2.37. The molecule has 5 heteroatoms. The number of likely N-dealkylation sites (tertiary alicyclic amines) is 1. The first-order valence-corrected chi connectivity index (χ1v) is 8.42. The van der Waals surface area contributed by atoms with Crippen LogP contribution in [0.1, 0.15) is 48.6 Å². The van der Waals surface area contributed by atoms with E-state index in [0.29, 0.717) is 12.1 Å².